The smallest absolute Gasteiger partial charge is 0.317 e. The molecule has 0 spiro atoms. The van der Waals surface area contributed by atoms with Gasteiger partial charge in [-0.15, -0.1) is 6.58 Å². The van der Waals surface area contributed by atoms with Crippen molar-refractivity contribution in [2.45, 2.75) is 0 Å². The summed E-state index contributed by atoms with van der Waals surface area (Å²) in [5, 5.41) is 8.53. The van der Waals surface area contributed by atoms with Crippen molar-refractivity contribution in [2.24, 2.45) is 0 Å². The lowest BCUT2D eigenvalue weighted by atomic mass is 10.4. The molecule has 0 bridgehead atoms. The van der Waals surface area contributed by atoms with E-state index in [2.05, 4.69) is 6.58 Å². The van der Waals surface area contributed by atoms with Gasteiger partial charge in [0.1, 0.15) is 0 Å². The molecule has 0 aromatic rings. The molecular weight excluding hydrogens is 174 g/mol. The third-order valence-electron chi connectivity index (χ3n) is 1.36. The van der Waals surface area contributed by atoms with E-state index >= 15 is 0 Å². The lowest BCUT2D eigenvalue weighted by molar-refractivity contribution is -0.138. The third-order valence-corrected chi connectivity index (χ3v) is 1.95. The SMILES string of the molecule is C=CCN(CCSC)CC(=O)O. The minimum absolute atomic E-state index is 0.104. The highest BCUT2D eigenvalue weighted by molar-refractivity contribution is 7.98. The average molecular weight is 189 g/mol. The van der Waals surface area contributed by atoms with E-state index < -0.39 is 5.97 Å². The Morgan fingerprint density at radius 1 is 1.75 bits per heavy atom. The Hall–Kier alpha value is -0.480. The fourth-order valence-electron chi connectivity index (χ4n) is 0.829. The Balaban J connectivity index is 3.68. The monoisotopic (exact) mass is 189 g/mol. The van der Waals surface area contributed by atoms with Crippen LogP contribution in [0.1, 0.15) is 0 Å². The summed E-state index contributed by atoms with van der Waals surface area (Å²) >= 11 is 1.71. The highest BCUT2D eigenvalue weighted by atomic mass is 32.2. The molecule has 12 heavy (non-hydrogen) atoms. The molecule has 0 aliphatic rings. The maximum absolute atomic E-state index is 10.4. The van der Waals surface area contributed by atoms with Gasteiger partial charge in [0.05, 0.1) is 6.54 Å². The molecule has 0 radical (unpaired) electrons. The van der Waals surface area contributed by atoms with Crippen LogP contribution in [0.4, 0.5) is 0 Å². The van der Waals surface area contributed by atoms with Crippen molar-refractivity contribution in [1.29, 1.82) is 0 Å². The Morgan fingerprint density at radius 3 is 2.83 bits per heavy atom. The molecule has 0 atom stereocenters. The first-order valence-corrected chi connectivity index (χ1v) is 5.14. The van der Waals surface area contributed by atoms with E-state index in [-0.39, 0.29) is 6.54 Å². The van der Waals surface area contributed by atoms with Crippen LogP contribution in [0.15, 0.2) is 12.7 Å². The molecule has 0 aromatic heterocycles. The molecule has 70 valence electrons. The second-order valence-corrected chi connectivity index (χ2v) is 3.40. The fourth-order valence-corrected chi connectivity index (χ4v) is 1.27. The van der Waals surface area contributed by atoms with E-state index in [4.69, 9.17) is 5.11 Å². The summed E-state index contributed by atoms with van der Waals surface area (Å²) in [6, 6.07) is 0. The van der Waals surface area contributed by atoms with Crippen molar-refractivity contribution in [3.05, 3.63) is 12.7 Å². The van der Waals surface area contributed by atoms with E-state index in [9.17, 15) is 4.79 Å². The highest BCUT2D eigenvalue weighted by Gasteiger charge is 2.06. The first kappa shape index (κ1) is 11.5. The van der Waals surface area contributed by atoms with Crippen LogP contribution >= 0.6 is 11.8 Å². The average Bonchev–Trinajstić information content (AvgIpc) is 2.00. The van der Waals surface area contributed by atoms with Gasteiger partial charge in [0.25, 0.3) is 0 Å². The Bertz CT molecular complexity index is 150. The second-order valence-electron chi connectivity index (χ2n) is 2.41. The van der Waals surface area contributed by atoms with Crippen LogP contribution in [0, 0.1) is 0 Å². The number of nitrogens with zero attached hydrogens (tertiary/aromatic N) is 1. The van der Waals surface area contributed by atoms with E-state index in [1.165, 1.54) is 0 Å². The third kappa shape index (κ3) is 6.24. The Labute approximate surface area is 77.4 Å². The lowest BCUT2D eigenvalue weighted by Gasteiger charge is -2.16. The number of carbonyl (C=O) groups is 1. The number of hydrogen-bond donors (Lipinski definition) is 1. The van der Waals surface area contributed by atoms with Gasteiger partial charge in [0.2, 0.25) is 0 Å². The van der Waals surface area contributed by atoms with Crippen LogP contribution in [0.25, 0.3) is 0 Å². The van der Waals surface area contributed by atoms with Gasteiger partial charge in [-0.2, -0.15) is 11.8 Å². The van der Waals surface area contributed by atoms with Crippen molar-refractivity contribution in [1.82, 2.24) is 4.90 Å². The number of carboxylic acids is 1. The van der Waals surface area contributed by atoms with Gasteiger partial charge >= 0.3 is 5.97 Å². The Kier molecular flexibility index (Phi) is 6.90. The zero-order valence-corrected chi connectivity index (χ0v) is 8.14. The molecule has 0 aromatic carbocycles. The summed E-state index contributed by atoms with van der Waals surface area (Å²) in [5.41, 5.74) is 0. The van der Waals surface area contributed by atoms with Gasteiger partial charge in [-0.05, 0) is 6.26 Å². The van der Waals surface area contributed by atoms with Gasteiger partial charge in [-0.1, -0.05) is 6.08 Å². The molecule has 1 N–H and O–H groups in total. The van der Waals surface area contributed by atoms with Crippen molar-refractivity contribution in [3.63, 3.8) is 0 Å². The first-order valence-electron chi connectivity index (χ1n) is 3.74. The molecule has 0 aliphatic heterocycles. The summed E-state index contributed by atoms with van der Waals surface area (Å²) in [4.78, 5) is 12.2. The molecule has 0 saturated heterocycles. The zero-order valence-electron chi connectivity index (χ0n) is 7.32. The quantitative estimate of drug-likeness (QED) is 0.605. The maximum atomic E-state index is 10.4. The largest absolute Gasteiger partial charge is 0.480 e. The molecule has 0 saturated carbocycles. The molecule has 0 fully saturated rings. The molecule has 0 rings (SSSR count). The minimum Gasteiger partial charge on any atom is -0.480 e. The van der Waals surface area contributed by atoms with Gasteiger partial charge in [-0.25, -0.2) is 0 Å². The van der Waals surface area contributed by atoms with Crippen LogP contribution in [-0.4, -0.2) is 47.6 Å². The van der Waals surface area contributed by atoms with Crippen molar-refractivity contribution in [2.75, 3.05) is 31.6 Å². The summed E-state index contributed by atoms with van der Waals surface area (Å²) < 4.78 is 0. The summed E-state index contributed by atoms with van der Waals surface area (Å²) in [7, 11) is 0. The molecule has 0 unspecified atom stereocenters. The first-order chi connectivity index (χ1) is 5.70. The number of hydrogen-bond acceptors (Lipinski definition) is 3. The molecule has 3 nitrogen and oxygen atoms in total. The number of aliphatic carboxylic acids is 1. The van der Waals surface area contributed by atoms with Crippen LogP contribution in [0.5, 0.6) is 0 Å². The van der Waals surface area contributed by atoms with Gasteiger partial charge < -0.3 is 5.11 Å². The van der Waals surface area contributed by atoms with Gasteiger partial charge in [-0.3, -0.25) is 9.69 Å². The van der Waals surface area contributed by atoms with E-state index in [1.807, 2.05) is 11.2 Å². The number of thioether (sulfide) groups is 1. The van der Waals surface area contributed by atoms with Crippen LogP contribution in [0.3, 0.4) is 0 Å². The van der Waals surface area contributed by atoms with E-state index in [0.29, 0.717) is 6.54 Å². The maximum Gasteiger partial charge on any atom is 0.317 e. The predicted octanol–water partition coefficient (Wildman–Crippen LogP) is 0.922. The molecule has 0 heterocycles. The van der Waals surface area contributed by atoms with Gasteiger partial charge in [0, 0.05) is 18.8 Å². The molecule has 0 amide bonds. The van der Waals surface area contributed by atoms with Crippen molar-refractivity contribution >= 4 is 17.7 Å². The normalized spacial score (nSPS) is 10.2. The van der Waals surface area contributed by atoms with Crippen LogP contribution in [-0.2, 0) is 4.79 Å². The Morgan fingerprint density at radius 2 is 2.42 bits per heavy atom. The highest BCUT2D eigenvalue weighted by Crippen LogP contribution is 1.95. The van der Waals surface area contributed by atoms with Crippen LogP contribution in [0.2, 0.25) is 0 Å². The molecule has 4 heteroatoms. The predicted molar refractivity (Wildman–Crippen MR) is 52.7 cm³/mol. The number of rotatable bonds is 7. The zero-order chi connectivity index (χ0) is 9.40. The van der Waals surface area contributed by atoms with Gasteiger partial charge in [0.15, 0.2) is 0 Å². The van der Waals surface area contributed by atoms with Crippen LogP contribution < -0.4 is 0 Å². The summed E-state index contributed by atoms with van der Waals surface area (Å²) in [6.45, 7) is 5.13. The fraction of sp³-hybridized carbons (Fsp3) is 0.625. The summed E-state index contributed by atoms with van der Waals surface area (Å²) in [6.07, 6.45) is 3.73. The molecule has 0 aliphatic carbocycles. The van der Waals surface area contributed by atoms with E-state index in [0.717, 1.165) is 12.3 Å². The lowest BCUT2D eigenvalue weighted by Crippen LogP contribution is -2.31. The van der Waals surface area contributed by atoms with Crippen molar-refractivity contribution in [3.8, 4) is 0 Å². The standard InChI is InChI=1S/C8H15NO2S/c1-3-4-9(5-6-12-2)7-8(10)11/h3H,1,4-7H2,2H3,(H,10,11). The summed E-state index contributed by atoms with van der Waals surface area (Å²) in [5.74, 6) is 0.180. The second kappa shape index (κ2) is 7.18. The molecular formula is C8H15NO2S. The minimum atomic E-state index is -0.780. The number of carboxylic acid groups (broad SMARTS) is 1. The van der Waals surface area contributed by atoms with Crippen molar-refractivity contribution < 1.29 is 9.90 Å². The topological polar surface area (TPSA) is 40.5 Å². The van der Waals surface area contributed by atoms with E-state index in [1.54, 1.807) is 17.8 Å².